The fourth-order valence-corrected chi connectivity index (χ4v) is 6.56. The van der Waals surface area contributed by atoms with Crippen LogP contribution in [0, 0.1) is 0 Å². The van der Waals surface area contributed by atoms with Crippen LogP contribution in [-0.4, -0.2) is 112 Å². The van der Waals surface area contributed by atoms with Crippen molar-refractivity contribution in [3.05, 3.63) is 48.4 Å². The molecule has 4 aromatic heterocycles. The third-order valence-electron chi connectivity index (χ3n) is 7.82. The lowest BCUT2D eigenvalue weighted by molar-refractivity contribution is 0.0705. The largest absolute Gasteiger partial charge is 0.378 e. The number of rotatable bonds is 7. The molecular weight excluding hydrogens is 570 g/mol. The second-order valence-corrected chi connectivity index (χ2v) is 11.6. The Kier molecular flexibility index (Phi) is 7.44. The lowest BCUT2D eigenvalue weighted by Gasteiger charge is -2.36. The molecule has 7 rings (SSSR count). The number of carbonyl (C=O) groups is 1. The molecule has 0 saturated carbocycles. The van der Waals surface area contributed by atoms with Gasteiger partial charge in [0.15, 0.2) is 11.6 Å². The Morgan fingerprint density at radius 1 is 1.07 bits per heavy atom. The number of hydroxylamine groups is 1. The molecule has 3 N–H and O–H groups in total. The first-order valence-corrected chi connectivity index (χ1v) is 14.9. The van der Waals surface area contributed by atoms with Gasteiger partial charge in [0.05, 0.1) is 52.4 Å². The second kappa shape index (κ2) is 11.7. The summed E-state index contributed by atoms with van der Waals surface area (Å²) < 4.78 is 6.71. The van der Waals surface area contributed by atoms with E-state index in [0.717, 1.165) is 83.4 Å². The highest BCUT2D eigenvalue weighted by Crippen LogP contribution is 2.39. The maximum absolute atomic E-state index is 11.6. The molecule has 0 aliphatic carbocycles. The topological polar surface area (TPSA) is 152 Å². The summed E-state index contributed by atoms with van der Waals surface area (Å²) in [5, 5.41) is 18.2. The number of aromatic nitrogens is 6. The molecular formula is C28H31N11O3S. The molecule has 2 aliphatic rings. The van der Waals surface area contributed by atoms with E-state index in [1.54, 1.807) is 16.8 Å². The number of thiophene rings is 1. The molecule has 222 valence electrons. The zero-order valence-corrected chi connectivity index (χ0v) is 24.4. The number of piperazine rings is 1. The number of nitrogens with one attached hydrogen (secondary N) is 2. The summed E-state index contributed by atoms with van der Waals surface area (Å²) in [7, 11) is 2.11. The quantitative estimate of drug-likeness (QED) is 0.185. The van der Waals surface area contributed by atoms with Crippen LogP contribution in [0.1, 0.15) is 10.4 Å². The summed E-state index contributed by atoms with van der Waals surface area (Å²) in [5.74, 6) is 1.58. The van der Waals surface area contributed by atoms with Crippen LogP contribution in [0.2, 0.25) is 0 Å². The Bertz CT molecular complexity index is 1740. The molecule has 6 heterocycles. The number of carbonyl (C=O) groups excluding carboxylic acids is 1. The third kappa shape index (κ3) is 5.43. The molecule has 15 heteroatoms. The predicted octanol–water partition coefficient (Wildman–Crippen LogP) is 2.20. The first kappa shape index (κ1) is 27.4. The minimum atomic E-state index is -0.629. The summed E-state index contributed by atoms with van der Waals surface area (Å²) >= 11 is 1.72. The van der Waals surface area contributed by atoms with Gasteiger partial charge >= 0.3 is 0 Å². The van der Waals surface area contributed by atoms with Crippen LogP contribution in [0.15, 0.2) is 42.9 Å². The molecule has 0 atom stereocenters. The van der Waals surface area contributed by atoms with Crippen LogP contribution >= 0.6 is 11.3 Å². The molecule has 1 aromatic carbocycles. The zero-order chi connectivity index (χ0) is 29.3. The molecule has 2 fully saturated rings. The van der Waals surface area contributed by atoms with Gasteiger partial charge < -0.3 is 19.4 Å². The van der Waals surface area contributed by atoms with Gasteiger partial charge in [-0.15, -0.1) is 11.3 Å². The fraction of sp³-hybridized carbons (Fsp3) is 0.357. The molecule has 43 heavy (non-hydrogen) atoms. The molecule has 2 saturated heterocycles. The van der Waals surface area contributed by atoms with Gasteiger partial charge in [0.1, 0.15) is 0 Å². The number of hydrogen-bond acceptors (Lipinski definition) is 13. The Hall–Kier alpha value is -4.44. The molecule has 5 aromatic rings. The number of ether oxygens (including phenoxy) is 1. The lowest BCUT2D eigenvalue weighted by atomic mass is 10.1. The normalized spacial score (nSPS) is 16.2. The number of hydrogen-bond donors (Lipinski definition) is 3. The molecule has 1 amide bonds. The molecule has 0 bridgehead atoms. The van der Waals surface area contributed by atoms with Crippen molar-refractivity contribution >= 4 is 55.1 Å². The number of fused-ring (bicyclic) bond motifs is 2. The highest BCUT2D eigenvalue weighted by atomic mass is 32.1. The van der Waals surface area contributed by atoms with Crippen molar-refractivity contribution in [1.29, 1.82) is 0 Å². The van der Waals surface area contributed by atoms with Crippen LogP contribution in [0.5, 0.6) is 0 Å². The van der Waals surface area contributed by atoms with E-state index in [0.29, 0.717) is 25.0 Å². The Balaban J connectivity index is 1.10. The van der Waals surface area contributed by atoms with E-state index in [2.05, 4.69) is 52.9 Å². The van der Waals surface area contributed by atoms with E-state index in [4.69, 9.17) is 19.9 Å². The van der Waals surface area contributed by atoms with Gasteiger partial charge in [-0.3, -0.25) is 20.0 Å². The van der Waals surface area contributed by atoms with Crippen LogP contribution in [0.25, 0.3) is 32.5 Å². The van der Waals surface area contributed by atoms with Crippen molar-refractivity contribution in [1.82, 2.24) is 40.5 Å². The van der Waals surface area contributed by atoms with Gasteiger partial charge in [0.25, 0.3) is 5.91 Å². The average molecular weight is 602 g/mol. The molecule has 2 aliphatic heterocycles. The van der Waals surface area contributed by atoms with Gasteiger partial charge in [-0.05, 0) is 12.1 Å². The number of H-pyrrole nitrogens is 1. The summed E-state index contributed by atoms with van der Waals surface area (Å²) in [5.41, 5.74) is 4.65. The van der Waals surface area contributed by atoms with Gasteiger partial charge in [0.2, 0.25) is 5.95 Å². The molecule has 0 radical (unpaired) electrons. The Morgan fingerprint density at radius 2 is 1.86 bits per heavy atom. The van der Waals surface area contributed by atoms with Gasteiger partial charge in [-0.2, -0.15) is 5.10 Å². The number of morpholine rings is 1. The predicted molar refractivity (Wildman–Crippen MR) is 164 cm³/mol. The highest BCUT2D eigenvalue weighted by molar-refractivity contribution is 7.23. The summed E-state index contributed by atoms with van der Waals surface area (Å²) in [6.45, 7) is 6.91. The van der Waals surface area contributed by atoms with E-state index in [9.17, 15) is 4.79 Å². The van der Waals surface area contributed by atoms with Crippen molar-refractivity contribution < 1.29 is 14.7 Å². The Labute approximate surface area is 250 Å². The summed E-state index contributed by atoms with van der Waals surface area (Å²) in [6, 6.07) is 8.22. The average Bonchev–Trinajstić information content (AvgIpc) is 3.72. The van der Waals surface area contributed by atoms with E-state index < -0.39 is 5.91 Å². The number of benzene rings is 1. The van der Waals surface area contributed by atoms with E-state index in [1.165, 1.54) is 12.4 Å². The van der Waals surface area contributed by atoms with Gasteiger partial charge in [-0.1, -0.05) is 12.1 Å². The third-order valence-corrected chi connectivity index (χ3v) is 9.06. The molecule has 14 nitrogen and oxygen atoms in total. The van der Waals surface area contributed by atoms with Gasteiger partial charge in [-0.25, -0.2) is 25.4 Å². The van der Waals surface area contributed by atoms with Crippen molar-refractivity contribution in [2.75, 3.05) is 80.9 Å². The maximum Gasteiger partial charge on any atom is 0.277 e. The number of amides is 1. The second-order valence-electron chi connectivity index (χ2n) is 10.6. The fourth-order valence-electron chi connectivity index (χ4n) is 5.49. The van der Waals surface area contributed by atoms with E-state index >= 15 is 0 Å². The smallest absolute Gasteiger partial charge is 0.277 e. The lowest BCUT2D eigenvalue weighted by Crippen LogP contribution is -2.50. The van der Waals surface area contributed by atoms with Crippen LogP contribution in [-0.2, 0) is 4.74 Å². The number of anilines is 3. The summed E-state index contributed by atoms with van der Waals surface area (Å²) in [6.07, 6.45) is 4.67. The SMILES string of the molecule is CN(CN1CCN(c2ncc(C(=O)NO)cn2)CC1)c1cc2nc(-c3cccc4[nH]ncc34)nc(N3CCOCC3)c2s1. The van der Waals surface area contributed by atoms with E-state index in [-0.39, 0.29) is 5.56 Å². The zero-order valence-electron chi connectivity index (χ0n) is 23.6. The van der Waals surface area contributed by atoms with Crippen molar-refractivity contribution in [2.45, 2.75) is 0 Å². The maximum atomic E-state index is 11.6. The van der Waals surface area contributed by atoms with Crippen LogP contribution in [0.3, 0.4) is 0 Å². The monoisotopic (exact) mass is 601 g/mol. The first-order valence-electron chi connectivity index (χ1n) is 14.1. The van der Waals surface area contributed by atoms with Crippen molar-refractivity contribution in [2.24, 2.45) is 0 Å². The number of aromatic amines is 1. The minimum absolute atomic E-state index is 0.210. The number of nitrogens with zero attached hydrogens (tertiary/aromatic N) is 9. The highest BCUT2D eigenvalue weighted by Gasteiger charge is 2.24. The standard InChI is InChI=1S/C28H31N11O3S/c1-36(17-37-5-7-39(8-6-37)28-29-14-18(15-30-28)27(40)35-41)23-13-22-24(43-23)26(38-9-11-42-12-10-38)33-25(32-22)19-3-2-4-21-20(19)16-31-34-21/h2-4,13-16,41H,5-12,17H2,1H3,(H,31,34)(H,35,40). The van der Waals surface area contributed by atoms with Crippen LogP contribution in [0.4, 0.5) is 16.8 Å². The van der Waals surface area contributed by atoms with Crippen LogP contribution < -0.4 is 20.2 Å². The first-order chi connectivity index (χ1) is 21.1. The Morgan fingerprint density at radius 3 is 2.63 bits per heavy atom. The van der Waals surface area contributed by atoms with Crippen molar-refractivity contribution in [3.8, 4) is 11.4 Å². The minimum Gasteiger partial charge on any atom is -0.378 e. The summed E-state index contributed by atoms with van der Waals surface area (Å²) in [4.78, 5) is 39.4. The van der Waals surface area contributed by atoms with E-state index in [1.807, 2.05) is 24.4 Å². The van der Waals surface area contributed by atoms with Crippen molar-refractivity contribution in [3.63, 3.8) is 0 Å². The van der Waals surface area contributed by atoms with Gasteiger partial charge in [0, 0.05) is 69.7 Å². The molecule has 0 spiro atoms. The molecule has 0 unspecified atom stereocenters.